The van der Waals surface area contributed by atoms with Crippen LogP contribution < -0.4 is 10.9 Å². The Kier molecular flexibility index (Phi) is 4.02. The standard InChI is InChI=1S/C16H12BrN3O2/c17-10-4-3-5-11(8-10)18-15(21)9-14-12-6-1-2-7-13(12)16(22)20-19-14/h1-8H,9H2,(H,18,21)(H,20,22). The van der Waals surface area contributed by atoms with Crippen molar-refractivity contribution in [1.29, 1.82) is 0 Å². The molecule has 22 heavy (non-hydrogen) atoms. The summed E-state index contributed by atoms with van der Waals surface area (Å²) < 4.78 is 0.887. The summed E-state index contributed by atoms with van der Waals surface area (Å²) in [5, 5.41) is 10.5. The average molecular weight is 358 g/mol. The zero-order valence-electron chi connectivity index (χ0n) is 11.5. The number of nitrogens with one attached hydrogen (secondary N) is 2. The van der Waals surface area contributed by atoms with Crippen LogP contribution in [0.15, 0.2) is 57.8 Å². The molecule has 0 radical (unpaired) electrons. The number of aromatic amines is 1. The van der Waals surface area contributed by atoms with Crippen LogP contribution >= 0.6 is 15.9 Å². The van der Waals surface area contributed by atoms with Gasteiger partial charge in [0.25, 0.3) is 5.56 Å². The molecule has 1 aromatic heterocycles. The first-order chi connectivity index (χ1) is 10.6. The number of anilines is 1. The van der Waals surface area contributed by atoms with Gasteiger partial charge in [-0.05, 0) is 24.3 Å². The number of fused-ring (bicyclic) bond motifs is 1. The van der Waals surface area contributed by atoms with Crippen LogP contribution in [0.3, 0.4) is 0 Å². The molecule has 0 saturated carbocycles. The van der Waals surface area contributed by atoms with Gasteiger partial charge in [0.05, 0.1) is 17.5 Å². The maximum Gasteiger partial charge on any atom is 0.272 e. The predicted octanol–water partition coefficient (Wildman–Crippen LogP) is 2.87. The van der Waals surface area contributed by atoms with E-state index < -0.39 is 0 Å². The second kappa shape index (κ2) is 6.11. The molecule has 0 atom stereocenters. The van der Waals surface area contributed by atoms with Gasteiger partial charge in [-0.2, -0.15) is 5.10 Å². The van der Waals surface area contributed by atoms with Crippen molar-refractivity contribution in [2.45, 2.75) is 6.42 Å². The van der Waals surface area contributed by atoms with Crippen molar-refractivity contribution in [2.75, 3.05) is 5.32 Å². The number of amides is 1. The SMILES string of the molecule is O=C(Cc1n[nH]c(=O)c2ccccc12)Nc1cccc(Br)c1. The van der Waals surface area contributed by atoms with Crippen molar-refractivity contribution in [1.82, 2.24) is 10.2 Å². The number of rotatable bonds is 3. The van der Waals surface area contributed by atoms with Gasteiger partial charge in [0.1, 0.15) is 0 Å². The molecule has 6 heteroatoms. The third-order valence-corrected chi connectivity index (χ3v) is 3.70. The Morgan fingerprint density at radius 3 is 2.68 bits per heavy atom. The molecule has 110 valence electrons. The van der Waals surface area contributed by atoms with Gasteiger partial charge in [-0.15, -0.1) is 0 Å². The van der Waals surface area contributed by atoms with E-state index in [-0.39, 0.29) is 17.9 Å². The van der Waals surface area contributed by atoms with Gasteiger partial charge < -0.3 is 5.32 Å². The summed E-state index contributed by atoms with van der Waals surface area (Å²) in [4.78, 5) is 23.9. The molecule has 1 heterocycles. The number of carbonyl (C=O) groups excluding carboxylic acids is 1. The fourth-order valence-electron chi connectivity index (χ4n) is 2.23. The molecule has 0 bridgehead atoms. The minimum absolute atomic E-state index is 0.0871. The van der Waals surface area contributed by atoms with E-state index >= 15 is 0 Å². The Morgan fingerprint density at radius 2 is 1.91 bits per heavy atom. The summed E-state index contributed by atoms with van der Waals surface area (Å²) in [5.74, 6) is -0.192. The Balaban J connectivity index is 1.86. The second-order valence-corrected chi connectivity index (χ2v) is 5.70. The van der Waals surface area contributed by atoms with Gasteiger partial charge in [0.2, 0.25) is 5.91 Å². The number of carbonyl (C=O) groups is 1. The van der Waals surface area contributed by atoms with Gasteiger partial charge >= 0.3 is 0 Å². The summed E-state index contributed by atoms with van der Waals surface area (Å²) in [6, 6.07) is 14.4. The number of halogens is 1. The molecule has 0 fully saturated rings. The summed E-state index contributed by atoms with van der Waals surface area (Å²) in [7, 11) is 0. The van der Waals surface area contributed by atoms with Gasteiger partial charge in [0.15, 0.2) is 0 Å². The Labute approximate surface area is 134 Å². The molecule has 5 nitrogen and oxygen atoms in total. The Morgan fingerprint density at radius 1 is 1.14 bits per heavy atom. The molecule has 0 spiro atoms. The number of aromatic nitrogens is 2. The van der Waals surface area contributed by atoms with Crippen molar-refractivity contribution >= 4 is 38.3 Å². The van der Waals surface area contributed by atoms with Crippen LogP contribution in [0, 0.1) is 0 Å². The van der Waals surface area contributed by atoms with E-state index in [4.69, 9.17) is 0 Å². The minimum Gasteiger partial charge on any atom is -0.326 e. The minimum atomic E-state index is -0.258. The third-order valence-electron chi connectivity index (χ3n) is 3.21. The average Bonchev–Trinajstić information content (AvgIpc) is 2.50. The topological polar surface area (TPSA) is 74.8 Å². The molecule has 2 N–H and O–H groups in total. The fraction of sp³-hybridized carbons (Fsp3) is 0.0625. The monoisotopic (exact) mass is 357 g/mol. The molecule has 0 saturated heterocycles. The number of hydrogen-bond acceptors (Lipinski definition) is 3. The fourth-order valence-corrected chi connectivity index (χ4v) is 2.63. The molecule has 0 aliphatic heterocycles. The smallest absolute Gasteiger partial charge is 0.272 e. The summed E-state index contributed by atoms with van der Waals surface area (Å²) >= 11 is 3.36. The highest BCUT2D eigenvalue weighted by Crippen LogP contribution is 2.17. The molecule has 2 aromatic carbocycles. The molecule has 0 aliphatic carbocycles. The number of nitrogens with zero attached hydrogens (tertiary/aromatic N) is 1. The number of benzene rings is 2. The maximum atomic E-state index is 12.2. The lowest BCUT2D eigenvalue weighted by atomic mass is 10.1. The predicted molar refractivity (Wildman–Crippen MR) is 88.8 cm³/mol. The zero-order valence-corrected chi connectivity index (χ0v) is 13.1. The van der Waals surface area contributed by atoms with E-state index in [1.165, 1.54) is 0 Å². The quantitative estimate of drug-likeness (QED) is 0.756. The number of H-pyrrole nitrogens is 1. The van der Waals surface area contributed by atoms with Crippen molar-refractivity contribution < 1.29 is 4.79 Å². The van der Waals surface area contributed by atoms with Crippen LogP contribution in [0.1, 0.15) is 5.69 Å². The van der Waals surface area contributed by atoms with Gasteiger partial charge in [-0.3, -0.25) is 9.59 Å². The van der Waals surface area contributed by atoms with E-state index in [0.29, 0.717) is 22.2 Å². The van der Waals surface area contributed by atoms with Gasteiger partial charge in [-0.25, -0.2) is 5.10 Å². The van der Waals surface area contributed by atoms with Crippen LogP contribution in [0.5, 0.6) is 0 Å². The molecule has 0 aliphatic rings. The van der Waals surface area contributed by atoms with E-state index in [9.17, 15) is 9.59 Å². The lowest BCUT2D eigenvalue weighted by Crippen LogP contribution is -2.18. The van der Waals surface area contributed by atoms with Crippen molar-refractivity contribution in [2.24, 2.45) is 0 Å². The highest BCUT2D eigenvalue weighted by Gasteiger charge is 2.10. The normalized spacial score (nSPS) is 10.6. The molecule has 0 unspecified atom stereocenters. The molecule has 3 rings (SSSR count). The van der Waals surface area contributed by atoms with Crippen molar-refractivity contribution in [3.63, 3.8) is 0 Å². The first-order valence-corrected chi connectivity index (χ1v) is 7.44. The highest BCUT2D eigenvalue weighted by atomic mass is 79.9. The Hall–Kier alpha value is -2.47. The third kappa shape index (κ3) is 3.07. The lowest BCUT2D eigenvalue weighted by Gasteiger charge is -2.07. The maximum absolute atomic E-state index is 12.2. The summed E-state index contributed by atoms with van der Waals surface area (Å²) in [6.07, 6.45) is 0.0871. The van der Waals surface area contributed by atoms with E-state index in [1.807, 2.05) is 24.3 Å². The van der Waals surface area contributed by atoms with Crippen molar-refractivity contribution in [3.8, 4) is 0 Å². The zero-order chi connectivity index (χ0) is 15.5. The largest absolute Gasteiger partial charge is 0.326 e. The Bertz CT molecular complexity index is 905. The first kappa shape index (κ1) is 14.5. The second-order valence-electron chi connectivity index (χ2n) is 4.78. The first-order valence-electron chi connectivity index (χ1n) is 6.65. The molecular weight excluding hydrogens is 346 g/mol. The van der Waals surface area contributed by atoms with Crippen LogP contribution in [-0.2, 0) is 11.2 Å². The van der Waals surface area contributed by atoms with Crippen molar-refractivity contribution in [3.05, 3.63) is 69.1 Å². The molecule has 1 amide bonds. The van der Waals surface area contributed by atoms with E-state index in [2.05, 4.69) is 31.4 Å². The molecular formula is C16H12BrN3O2. The van der Waals surface area contributed by atoms with Crippen LogP contribution in [0.25, 0.3) is 10.8 Å². The molecule has 3 aromatic rings. The van der Waals surface area contributed by atoms with E-state index in [1.54, 1.807) is 24.3 Å². The van der Waals surface area contributed by atoms with Crippen LogP contribution in [-0.4, -0.2) is 16.1 Å². The van der Waals surface area contributed by atoms with Crippen LogP contribution in [0.4, 0.5) is 5.69 Å². The highest BCUT2D eigenvalue weighted by molar-refractivity contribution is 9.10. The lowest BCUT2D eigenvalue weighted by molar-refractivity contribution is -0.115. The van der Waals surface area contributed by atoms with Crippen LogP contribution in [0.2, 0.25) is 0 Å². The van der Waals surface area contributed by atoms with Gasteiger partial charge in [0, 0.05) is 15.5 Å². The summed E-state index contributed by atoms with van der Waals surface area (Å²) in [6.45, 7) is 0. The summed E-state index contributed by atoms with van der Waals surface area (Å²) in [5.41, 5.74) is 0.988. The van der Waals surface area contributed by atoms with E-state index in [0.717, 1.165) is 4.47 Å². The number of hydrogen-bond donors (Lipinski definition) is 2. The van der Waals surface area contributed by atoms with Gasteiger partial charge in [-0.1, -0.05) is 40.2 Å².